The first kappa shape index (κ1) is 15.6. The van der Waals surface area contributed by atoms with E-state index in [1.807, 2.05) is 6.92 Å². The fourth-order valence-electron chi connectivity index (χ4n) is 1.08. The van der Waals surface area contributed by atoms with Gasteiger partial charge < -0.3 is 15.4 Å². The number of esters is 1. The minimum absolute atomic E-state index is 0.0311. The van der Waals surface area contributed by atoms with Crippen molar-refractivity contribution < 1.29 is 14.3 Å². The molecule has 0 aromatic carbocycles. The van der Waals surface area contributed by atoms with Gasteiger partial charge in [0, 0.05) is 19.2 Å². The zero-order chi connectivity index (χ0) is 13.1. The number of carbonyl (C=O) groups is 2. The van der Waals surface area contributed by atoms with Crippen molar-refractivity contribution >= 4 is 11.9 Å². The van der Waals surface area contributed by atoms with Gasteiger partial charge in [-0.05, 0) is 20.3 Å². The standard InChI is InChI=1S/C12H22N2O3/c1-4-8-14-12(16)10(3)13-9-6-7-11(15)17-5-2/h6-7,10,13H,4-5,8-9H2,1-3H3,(H,14,16)/b7-6+. The van der Waals surface area contributed by atoms with Gasteiger partial charge in [-0.25, -0.2) is 4.79 Å². The number of ether oxygens (including phenoxy) is 1. The molecule has 0 bridgehead atoms. The van der Waals surface area contributed by atoms with Crippen molar-refractivity contribution in [3.63, 3.8) is 0 Å². The Morgan fingerprint density at radius 2 is 2.06 bits per heavy atom. The summed E-state index contributed by atoms with van der Waals surface area (Å²) in [4.78, 5) is 22.4. The smallest absolute Gasteiger partial charge is 0.330 e. The average Bonchev–Trinajstić information content (AvgIpc) is 2.31. The first-order chi connectivity index (χ1) is 8.11. The third kappa shape index (κ3) is 8.45. The summed E-state index contributed by atoms with van der Waals surface area (Å²) in [6.45, 7) is 7.04. The monoisotopic (exact) mass is 242 g/mol. The van der Waals surface area contributed by atoms with Crippen LogP contribution in [0.2, 0.25) is 0 Å². The quantitative estimate of drug-likeness (QED) is 0.483. The van der Waals surface area contributed by atoms with E-state index < -0.39 is 0 Å². The van der Waals surface area contributed by atoms with Crippen molar-refractivity contribution in [3.05, 3.63) is 12.2 Å². The Balaban J connectivity index is 3.73. The Morgan fingerprint density at radius 3 is 2.65 bits per heavy atom. The van der Waals surface area contributed by atoms with E-state index in [9.17, 15) is 9.59 Å². The lowest BCUT2D eigenvalue weighted by Crippen LogP contribution is -2.42. The van der Waals surface area contributed by atoms with Crippen LogP contribution < -0.4 is 10.6 Å². The van der Waals surface area contributed by atoms with Crippen molar-refractivity contribution in [2.75, 3.05) is 19.7 Å². The molecule has 0 aromatic rings. The molecule has 0 fully saturated rings. The molecule has 5 nitrogen and oxygen atoms in total. The fourth-order valence-corrected chi connectivity index (χ4v) is 1.08. The number of amides is 1. The molecule has 0 saturated carbocycles. The summed E-state index contributed by atoms with van der Waals surface area (Å²) in [7, 11) is 0. The Bertz CT molecular complexity index is 264. The van der Waals surface area contributed by atoms with Crippen LogP contribution in [0.25, 0.3) is 0 Å². The van der Waals surface area contributed by atoms with Crippen LogP contribution in [0.15, 0.2) is 12.2 Å². The molecule has 0 aliphatic carbocycles. The summed E-state index contributed by atoms with van der Waals surface area (Å²) in [6.07, 6.45) is 3.91. The Kier molecular flexibility index (Phi) is 9.05. The molecule has 0 radical (unpaired) electrons. The zero-order valence-corrected chi connectivity index (χ0v) is 10.8. The van der Waals surface area contributed by atoms with E-state index in [1.54, 1.807) is 19.9 Å². The molecule has 2 N–H and O–H groups in total. The molecule has 0 heterocycles. The van der Waals surface area contributed by atoms with Crippen LogP contribution in [0.1, 0.15) is 27.2 Å². The topological polar surface area (TPSA) is 67.4 Å². The number of nitrogens with one attached hydrogen (secondary N) is 2. The van der Waals surface area contributed by atoms with Gasteiger partial charge >= 0.3 is 5.97 Å². The van der Waals surface area contributed by atoms with Gasteiger partial charge in [0.1, 0.15) is 0 Å². The van der Waals surface area contributed by atoms with Gasteiger partial charge in [0.15, 0.2) is 0 Å². The van der Waals surface area contributed by atoms with Gasteiger partial charge in [-0.1, -0.05) is 13.0 Å². The molecule has 1 atom stereocenters. The van der Waals surface area contributed by atoms with Gasteiger partial charge in [0.2, 0.25) is 5.91 Å². The zero-order valence-electron chi connectivity index (χ0n) is 10.8. The van der Waals surface area contributed by atoms with E-state index in [1.165, 1.54) is 6.08 Å². The summed E-state index contributed by atoms with van der Waals surface area (Å²) < 4.78 is 4.72. The molecule has 17 heavy (non-hydrogen) atoms. The van der Waals surface area contributed by atoms with Gasteiger partial charge in [-0.2, -0.15) is 0 Å². The highest BCUT2D eigenvalue weighted by atomic mass is 16.5. The summed E-state index contributed by atoms with van der Waals surface area (Å²) in [5, 5.41) is 5.77. The Hall–Kier alpha value is -1.36. The van der Waals surface area contributed by atoms with Gasteiger partial charge in [0.05, 0.1) is 12.6 Å². The van der Waals surface area contributed by atoms with Crippen LogP contribution in [0.3, 0.4) is 0 Å². The lowest BCUT2D eigenvalue weighted by atomic mass is 10.3. The minimum Gasteiger partial charge on any atom is -0.463 e. The van der Waals surface area contributed by atoms with Gasteiger partial charge in [-0.15, -0.1) is 0 Å². The Labute approximate surface area is 103 Å². The number of rotatable bonds is 8. The minimum atomic E-state index is -0.364. The molecule has 1 unspecified atom stereocenters. The molecular weight excluding hydrogens is 220 g/mol. The van der Waals surface area contributed by atoms with E-state index in [2.05, 4.69) is 10.6 Å². The molecule has 98 valence electrons. The summed E-state index contributed by atoms with van der Waals surface area (Å²) in [5.41, 5.74) is 0. The predicted octanol–water partition coefficient (Wildman–Crippen LogP) is 0.610. The van der Waals surface area contributed by atoms with E-state index in [-0.39, 0.29) is 17.9 Å². The lowest BCUT2D eigenvalue weighted by Gasteiger charge is -2.11. The maximum absolute atomic E-state index is 11.4. The highest BCUT2D eigenvalue weighted by Crippen LogP contribution is 1.84. The number of hydrogen-bond acceptors (Lipinski definition) is 4. The van der Waals surface area contributed by atoms with Gasteiger partial charge in [0.25, 0.3) is 0 Å². The second-order valence-electron chi connectivity index (χ2n) is 3.58. The highest BCUT2D eigenvalue weighted by molar-refractivity contribution is 5.82. The van der Waals surface area contributed by atoms with Crippen molar-refractivity contribution in [3.8, 4) is 0 Å². The van der Waals surface area contributed by atoms with E-state index in [4.69, 9.17) is 4.74 Å². The summed E-state index contributed by atoms with van der Waals surface area (Å²) >= 11 is 0. The first-order valence-electron chi connectivity index (χ1n) is 5.96. The SMILES string of the molecule is CCCNC(=O)C(C)NC/C=C/C(=O)OCC. The summed E-state index contributed by atoms with van der Waals surface area (Å²) in [5.74, 6) is -0.395. The molecule has 1 amide bonds. The number of hydrogen-bond donors (Lipinski definition) is 2. The largest absolute Gasteiger partial charge is 0.463 e. The maximum atomic E-state index is 11.4. The van der Waals surface area contributed by atoms with Crippen LogP contribution in [0, 0.1) is 0 Å². The molecular formula is C12H22N2O3. The van der Waals surface area contributed by atoms with Crippen LogP contribution >= 0.6 is 0 Å². The predicted molar refractivity (Wildman–Crippen MR) is 66.5 cm³/mol. The van der Waals surface area contributed by atoms with E-state index in [0.29, 0.717) is 19.7 Å². The van der Waals surface area contributed by atoms with E-state index >= 15 is 0 Å². The molecule has 0 rings (SSSR count). The molecule has 5 heteroatoms. The van der Waals surface area contributed by atoms with Crippen molar-refractivity contribution in [1.29, 1.82) is 0 Å². The van der Waals surface area contributed by atoms with Crippen molar-refractivity contribution in [1.82, 2.24) is 10.6 Å². The average molecular weight is 242 g/mol. The second kappa shape index (κ2) is 9.84. The van der Waals surface area contributed by atoms with E-state index in [0.717, 1.165) is 6.42 Å². The van der Waals surface area contributed by atoms with Crippen molar-refractivity contribution in [2.45, 2.75) is 33.2 Å². The van der Waals surface area contributed by atoms with Crippen LogP contribution in [0.5, 0.6) is 0 Å². The first-order valence-corrected chi connectivity index (χ1v) is 5.96. The normalized spacial score (nSPS) is 12.4. The van der Waals surface area contributed by atoms with Gasteiger partial charge in [-0.3, -0.25) is 4.79 Å². The molecule has 0 aliphatic heterocycles. The highest BCUT2D eigenvalue weighted by Gasteiger charge is 2.09. The maximum Gasteiger partial charge on any atom is 0.330 e. The molecule has 0 aromatic heterocycles. The lowest BCUT2D eigenvalue weighted by molar-refractivity contribution is -0.137. The third-order valence-corrected chi connectivity index (χ3v) is 2.02. The third-order valence-electron chi connectivity index (χ3n) is 2.02. The van der Waals surface area contributed by atoms with Crippen LogP contribution in [0.4, 0.5) is 0 Å². The second-order valence-corrected chi connectivity index (χ2v) is 3.58. The van der Waals surface area contributed by atoms with Crippen LogP contribution in [-0.4, -0.2) is 37.6 Å². The van der Waals surface area contributed by atoms with Crippen molar-refractivity contribution in [2.24, 2.45) is 0 Å². The van der Waals surface area contributed by atoms with Crippen LogP contribution in [-0.2, 0) is 14.3 Å². The fraction of sp³-hybridized carbons (Fsp3) is 0.667. The molecule has 0 spiro atoms. The number of carbonyl (C=O) groups excluding carboxylic acids is 2. The summed E-state index contributed by atoms with van der Waals surface area (Å²) in [6, 6.07) is -0.270. The molecule has 0 aliphatic rings. The molecule has 0 saturated heterocycles. The Morgan fingerprint density at radius 1 is 1.35 bits per heavy atom.